The molecule has 0 saturated heterocycles. The minimum atomic E-state index is -0.780. The summed E-state index contributed by atoms with van der Waals surface area (Å²) in [6.07, 6.45) is 0. The SMILES string of the molecule is O=[N+]([O-])NNc1ccc(F)c(Cl)c1. The lowest BCUT2D eigenvalue weighted by Crippen LogP contribution is -2.27. The van der Waals surface area contributed by atoms with Crippen molar-refractivity contribution < 1.29 is 9.42 Å². The number of anilines is 1. The summed E-state index contributed by atoms with van der Waals surface area (Å²) in [5, 5.41) is 8.97. The smallest absolute Gasteiger partial charge is 0.178 e. The van der Waals surface area contributed by atoms with Crippen LogP contribution in [0.5, 0.6) is 0 Å². The maximum absolute atomic E-state index is 12.6. The van der Waals surface area contributed by atoms with Gasteiger partial charge in [0.1, 0.15) is 5.82 Å². The minimum absolute atomic E-state index is 0.102. The number of rotatable bonds is 3. The van der Waals surface area contributed by atoms with Gasteiger partial charge in [-0.2, -0.15) is 0 Å². The number of hydrogen-bond acceptors (Lipinski definition) is 3. The van der Waals surface area contributed by atoms with E-state index < -0.39 is 10.8 Å². The second-order valence-electron chi connectivity index (χ2n) is 2.12. The van der Waals surface area contributed by atoms with Crippen molar-refractivity contribution in [3.63, 3.8) is 0 Å². The monoisotopic (exact) mass is 205 g/mol. The molecule has 0 aromatic heterocycles. The second-order valence-corrected chi connectivity index (χ2v) is 2.53. The van der Waals surface area contributed by atoms with Crippen LogP contribution in [0.25, 0.3) is 0 Å². The van der Waals surface area contributed by atoms with Crippen LogP contribution in [-0.2, 0) is 0 Å². The normalized spacial score (nSPS) is 9.38. The van der Waals surface area contributed by atoms with E-state index in [0.29, 0.717) is 5.69 Å². The van der Waals surface area contributed by atoms with Gasteiger partial charge in [-0.05, 0) is 23.7 Å². The van der Waals surface area contributed by atoms with E-state index in [4.69, 9.17) is 11.6 Å². The molecule has 1 aromatic carbocycles. The number of hydrogen-bond donors (Lipinski definition) is 2. The van der Waals surface area contributed by atoms with Crippen molar-refractivity contribution in [3.05, 3.63) is 39.2 Å². The summed E-state index contributed by atoms with van der Waals surface area (Å²) in [4.78, 5) is 9.85. The molecule has 5 nitrogen and oxygen atoms in total. The Morgan fingerprint density at radius 2 is 2.23 bits per heavy atom. The molecule has 0 heterocycles. The minimum Gasteiger partial charge on any atom is -0.248 e. The highest BCUT2D eigenvalue weighted by molar-refractivity contribution is 6.31. The molecule has 70 valence electrons. The van der Waals surface area contributed by atoms with Crippen LogP contribution >= 0.6 is 11.6 Å². The highest BCUT2D eigenvalue weighted by Gasteiger charge is 2.01. The lowest BCUT2D eigenvalue weighted by atomic mass is 10.3. The van der Waals surface area contributed by atoms with Crippen LogP contribution in [0.4, 0.5) is 10.1 Å². The molecule has 0 fully saturated rings. The van der Waals surface area contributed by atoms with Crippen molar-refractivity contribution in [2.75, 3.05) is 5.43 Å². The Balaban J connectivity index is 2.68. The number of nitro groups is 1. The number of hydrazine groups is 2. The third kappa shape index (κ3) is 2.75. The first-order valence-corrected chi connectivity index (χ1v) is 3.58. The van der Waals surface area contributed by atoms with Gasteiger partial charge >= 0.3 is 0 Å². The molecule has 0 aliphatic carbocycles. The lowest BCUT2D eigenvalue weighted by molar-refractivity contribution is -0.538. The first-order valence-electron chi connectivity index (χ1n) is 3.20. The van der Waals surface area contributed by atoms with Crippen molar-refractivity contribution >= 4 is 17.3 Å². The van der Waals surface area contributed by atoms with Crippen molar-refractivity contribution in [1.29, 1.82) is 0 Å². The van der Waals surface area contributed by atoms with E-state index in [9.17, 15) is 14.5 Å². The number of halogens is 2. The fraction of sp³-hybridized carbons (Fsp3) is 0. The molecule has 7 heteroatoms. The predicted octanol–water partition coefficient (Wildman–Crippen LogP) is 1.59. The van der Waals surface area contributed by atoms with Crippen LogP contribution < -0.4 is 11.0 Å². The lowest BCUT2D eigenvalue weighted by Gasteiger charge is -2.02. The van der Waals surface area contributed by atoms with Crippen molar-refractivity contribution in [2.45, 2.75) is 0 Å². The molecule has 0 aliphatic heterocycles. The Morgan fingerprint density at radius 3 is 2.77 bits per heavy atom. The standard InChI is InChI=1S/C6H5ClFN3O2/c7-5-3-4(1-2-6(5)8)9-10-11(12)13/h1-3,9-10H. The van der Waals surface area contributed by atoms with Crippen LogP contribution in [0.3, 0.4) is 0 Å². The molecular formula is C6H5ClFN3O2. The van der Waals surface area contributed by atoms with Gasteiger partial charge in [0.05, 0.1) is 10.7 Å². The maximum atomic E-state index is 12.6. The Hall–Kier alpha value is -1.56. The molecule has 0 unspecified atom stereocenters. The molecule has 13 heavy (non-hydrogen) atoms. The largest absolute Gasteiger partial charge is 0.248 e. The van der Waals surface area contributed by atoms with Crippen LogP contribution in [-0.4, -0.2) is 5.03 Å². The van der Waals surface area contributed by atoms with Crippen molar-refractivity contribution in [1.82, 2.24) is 5.53 Å². The van der Waals surface area contributed by atoms with E-state index in [-0.39, 0.29) is 5.02 Å². The second kappa shape index (κ2) is 3.90. The molecule has 0 radical (unpaired) electrons. The third-order valence-electron chi connectivity index (χ3n) is 1.21. The topological polar surface area (TPSA) is 67.2 Å². The predicted molar refractivity (Wildman–Crippen MR) is 45.2 cm³/mol. The van der Waals surface area contributed by atoms with Crippen molar-refractivity contribution in [2.24, 2.45) is 0 Å². The van der Waals surface area contributed by atoms with Gasteiger partial charge in [0.2, 0.25) is 0 Å². The van der Waals surface area contributed by atoms with E-state index in [2.05, 4.69) is 5.43 Å². The summed E-state index contributed by atoms with van der Waals surface area (Å²) in [6, 6.07) is 3.65. The van der Waals surface area contributed by atoms with Gasteiger partial charge in [0.25, 0.3) is 0 Å². The van der Waals surface area contributed by atoms with E-state index >= 15 is 0 Å². The van der Waals surface area contributed by atoms with Gasteiger partial charge in [-0.3, -0.25) is 0 Å². The summed E-state index contributed by atoms with van der Waals surface area (Å²) >= 11 is 5.42. The molecule has 0 spiro atoms. The first kappa shape index (κ1) is 9.53. The number of nitrogens with one attached hydrogen (secondary N) is 2. The van der Waals surface area contributed by atoms with E-state index in [1.165, 1.54) is 12.1 Å². The Bertz CT molecular complexity index is 334. The molecule has 0 saturated carbocycles. The quantitative estimate of drug-likeness (QED) is 0.581. The molecule has 0 aliphatic rings. The average Bonchev–Trinajstić information content (AvgIpc) is 2.07. The summed E-state index contributed by atoms with van der Waals surface area (Å²) < 4.78 is 12.6. The van der Waals surface area contributed by atoms with Crippen LogP contribution in [0.15, 0.2) is 18.2 Å². The molecule has 0 amide bonds. The molecule has 1 rings (SSSR count). The summed E-state index contributed by atoms with van der Waals surface area (Å²) in [5.41, 5.74) is 4.22. The average molecular weight is 206 g/mol. The fourth-order valence-corrected chi connectivity index (χ4v) is 0.865. The van der Waals surface area contributed by atoms with E-state index in [0.717, 1.165) is 6.07 Å². The molecular weight excluding hydrogens is 201 g/mol. The summed E-state index contributed by atoms with van der Waals surface area (Å²) in [6.45, 7) is 0. The third-order valence-corrected chi connectivity index (χ3v) is 1.50. The van der Waals surface area contributed by atoms with Crippen molar-refractivity contribution in [3.8, 4) is 0 Å². The Labute approximate surface area is 77.6 Å². The maximum Gasteiger partial charge on any atom is 0.178 e. The fourth-order valence-electron chi connectivity index (χ4n) is 0.684. The highest BCUT2D eigenvalue weighted by Crippen LogP contribution is 2.18. The zero-order valence-corrected chi connectivity index (χ0v) is 7.01. The van der Waals surface area contributed by atoms with E-state index in [1.54, 1.807) is 5.53 Å². The van der Waals surface area contributed by atoms with Gasteiger partial charge in [0, 0.05) is 0 Å². The van der Waals surface area contributed by atoms with Gasteiger partial charge in [-0.1, -0.05) is 11.6 Å². The highest BCUT2D eigenvalue weighted by atomic mass is 35.5. The van der Waals surface area contributed by atoms with E-state index in [1.807, 2.05) is 0 Å². The van der Waals surface area contributed by atoms with Crippen LogP contribution in [0, 0.1) is 15.9 Å². The molecule has 2 N–H and O–H groups in total. The van der Waals surface area contributed by atoms with Gasteiger partial charge in [-0.15, -0.1) is 0 Å². The zero-order chi connectivity index (χ0) is 9.84. The molecule has 1 aromatic rings. The number of benzene rings is 1. The van der Waals surface area contributed by atoms with Gasteiger partial charge in [0.15, 0.2) is 5.03 Å². The van der Waals surface area contributed by atoms with Crippen LogP contribution in [0.2, 0.25) is 5.02 Å². The Kier molecular flexibility index (Phi) is 2.86. The Morgan fingerprint density at radius 1 is 1.54 bits per heavy atom. The first-order chi connectivity index (χ1) is 6.09. The molecule has 0 bridgehead atoms. The molecule has 0 atom stereocenters. The zero-order valence-electron chi connectivity index (χ0n) is 6.25. The van der Waals surface area contributed by atoms with Gasteiger partial charge < -0.3 is 0 Å². The summed E-state index contributed by atoms with van der Waals surface area (Å²) in [5.74, 6) is -0.576. The number of nitrogens with zero attached hydrogens (tertiary/aromatic N) is 1. The van der Waals surface area contributed by atoms with Gasteiger partial charge in [-0.25, -0.2) is 19.9 Å². The summed E-state index contributed by atoms with van der Waals surface area (Å²) in [7, 11) is 0. The van der Waals surface area contributed by atoms with Crippen LogP contribution in [0.1, 0.15) is 0 Å².